The number of ether oxygens (including phenoxy) is 4. The number of methoxy groups -OCH3 is 3. The molecule has 0 saturated heterocycles. The molecule has 2 aliphatic rings. The second-order valence-corrected chi connectivity index (χ2v) is 8.77. The van der Waals surface area contributed by atoms with Gasteiger partial charge in [-0.2, -0.15) is 0 Å². The average molecular weight is 472 g/mol. The molecule has 184 valence electrons. The van der Waals surface area contributed by atoms with Gasteiger partial charge in [0.05, 0.1) is 38.9 Å². The first-order chi connectivity index (χ1) is 16.2. The summed E-state index contributed by atoms with van der Waals surface area (Å²) in [4.78, 5) is 39.8. The average Bonchev–Trinajstić information content (AvgIpc) is 2.82. The Labute approximate surface area is 200 Å². The SMILES string of the molecule is CC[C@@H](C)OC(=O)C1=C(C)NC2=C(C(=O)[C@H](C(=O)OC)[C@H](C)C2)[C@H]1c1cc(OC)ccc1OC. The molecular weight excluding hydrogens is 438 g/mol. The lowest BCUT2D eigenvalue weighted by Crippen LogP contribution is -2.43. The summed E-state index contributed by atoms with van der Waals surface area (Å²) in [6.07, 6.45) is 0.795. The third kappa shape index (κ3) is 4.54. The maximum absolute atomic E-state index is 13.8. The van der Waals surface area contributed by atoms with E-state index >= 15 is 0 Å². The van der Waals surface area contributed by atoms with Crippen LogP contribution in [0.2, 0.25) is 0 Å². The monoisotopic (exact) mass is 471 g/mol. The largest absolute Gasteiger partial charge is 0.497 e. The molecule has 0 radical (unpaired) electrons. The molecule has 1 aliphatic heterocycles. The van der Waals surface area contributed by atoms with E-state index in [1.54, 1.807) is 32.2 Å². The Morgan fingerprint density at radius 3 is 2.47 bits per heavy atom. The van der Waals surface area contributed by atoms with Crippen molar-refractivity contribution in [3.63, 3.8) is 0 Å². The lowest BCUT2D eigenvalue weighted by molar-refractivity contribution is -0.151. The number of dihydropyridines is 1. The second-order valence-electron chi connectivity index (χ2n) is 8.77. The van der Waals surface area contributed by atoms with Crippen LogP contribution < -0.4 is 14.8 Å². The summed E-state index contributed by atoms with van der Waals surface area (Å²) in [7, 11) is 4.34. The molecule has 0 spiro atoms. The zero-order valence-electron chi connectivity index (χ0n) is 20.8. The smallest absolute Gasteiger partial charge is 0.337 e. The summed E-state index contributed by atoms with van der Waals surface area (Å²) in [6, 6.07) is 5.23. The molecule has 8 nitrogen and oxygen atoms in total. The van der Waals surface area contributed by atoms with Crippen LogP contribution in [0.25, 0.3) is 0 Å². The van der Waals surface area contributed by atoms with E-state index in [1.807, 2.05) is 20.8 Å². The van der Waals surface area contributed by atoms with Crippen molar-refractivity contribution in [3.05, 3.63) is 46.3 Å². The normalized spacial score (nSPS) is 23.0. The van der Waals surface area contributed by atoms with Crippen LogP contribution in [0.15, 0.2) is 40.7 Å². The Morgan fingerprint density at radius 1 is 1.18 bits per heavy atom. The fourth-order valence-corrected chi connectivity index (χ4v) is 4.66. The lowest BCUT2D eigenvalue weighted by Gasteiger charge is -2.38. The molecule has 0 unspecified atom stereocenters. The van der Waals surface area contributed by atoms with Crippen LogP contribution in [0.5, 0.6) is 11.5 Å². The highest BCUT2D eigenvalue weighted by Crippen LogP contribution is 2.48. The van der Waals surface area contributed by atoms with E-state index in [-0.39, 0.29) is 17.8 Å². The predicted octanol–water partition coefficient (Wildman–Crippen LogP) is 3.66. The van der Waals surface area contributed by atoms with Crippen molar-refractivity contribution in [2.45, 2.75) is 52.6 Å². The number of nitrogens with one attached hydrogen (secondary N) is 1. The molecule has 34 heavy (non-hydrogen) atoms. The van der Waals surface area contributed by atoms with E-state index in [0.717, 1.165) is 0 Å². The van der Waals surface area contributed by atoms with E-state index < -0.39 is 23.8 Å². The second kappa shape index (κ2) is 10.3. The van der Waals surface area contributed by atoms with Crippen LogP contribution >= 0.6 is 0 Å². The number of rotatable bonds is 7. The van der Waals surface area contributed by atoms with Crippen molar-refractivity contribution in [1.29, 1.82) is 0 Å². The molecule has 0 aromatic heterocycles. The Hall–Kier alpha value is -3.29. The van der Waals surface area contributed by atoms with Crippen molar-refractivity contribution < 1.29 is 33.3 Å². The van der Waals surface area contributed by atoms with E-state index in [1.165, 1.54) is 14.2 Å². The number of hydrogen-bond acceptors (Lipinski definition) is 8. The number of carbonyl (C=O) groups excluding carboxylic acids is 3. The number of benzene rings is 1. The molecule has 1 aromatic carbocycles. The molecule has 8 heteroatoms. The number of esters is 2. The van der Waals surface area contributed by atoms with E-state index in [4.69, 9.17) is 18.9 Å². The molecule has 1 N–H and O–H groups in total. The van der Waals surface area contributed by atoms with Gasteiger partial charge in [-0.25, -0.2) is 4.79 Å². The van der Waals surface area contributed by atoms with Crippen LogP contribution in [-0.4, -0.2) is 45.2 Å². The molecule has 1 heterocycles. The molecule has 0 bridgehead atoms. The van der Waals surface area contributed by atoms with Crippen LogP contribution in [0.4, 0.5) is 0 Å². The first-order valence-corrected chi connectivity index (χ1v) is 11.4. The minimum atomic E-state index is -0.963. The van der Waals surface area contributed by atoms with Crippen molar-refractivity contribution in [3.8, 4) is 11.5 Å². The minimum Gasteiger partial charge on any atom is -0.497 e. The summed E-state index contributed by atoms with van der Waals surface area (Å²) in [5.41, 5.74) is 2.51. The molecule has 0 fully saturated rings. The number of Topliss-reactive ketones (excluding diaryl/α,β-unsaturated/α-hetero) is 1. The minimum absolute atomic E-state index is 0.263. The van der Waals surface area contributed by atoms with Gasteiger partial charge in [-0.05, 0) is 50.8 Å². The van der Waals surface area contributed by atoms with Gasteiger partial charge in [0.2, 0.25) is 0 Å². The summed E-state index contributed by atoms with van der Waals surface area (Å²) >= 11 is 0. The molecule has 4 atom stereocenters. The van der Waals surface area contributed by atoms with E-state index in [2.05, 4.69) is 5.32 Å². The highest BCUT2D eigenvalue weighted by atomic mass is 16.5. The lowest BCUT2D eigenvalue weighted by atomic mass is 9.69. The molecule has 0 amide bonds. The van der Waals surface area contributed by atoms with Gasteiger partial charge in [0.1, 0.15) is 17.4 Å². The highest BCUT2D eigenvalue weighted by Gasteiger charge is 2.48. The first-order valence-electron chi connectivity index (χ1n) is 11.4. The quantitative estimate of drug-likeness (QED) is 0.475. The van der Waals surface area contributed by atoms with Gasteiger partial charge in [0, 0.05) is 22.5 Å². The molecule has 1 aliphatic carbocycles. The summed E-state index contributed by atoms with van der Waals surface area (Å²) in [5.74, 6) is -2.48. The summed E-state index contributed by atoms with van der Waals surface area (Å²) in [6.45, 7) is 7.38. The number of hydrogen-bond donors (Lipinski definition) is 1. The van der Waals surface area contributed by atoms with Crippen molar-refractivity contribution >= 4 is 17.7 Å². The highest BCUT2D eigenvalue weighted by molar-refractivity contribution is 6.12. The maximum Gasteiger partial charge on any atom is 0.337 e. The number of ketones is 1. The Balaban J connectivity index is 2.26. The topological polar surface area (TPSA) is 100 Å². The summed E-state index contributed by atoms with van der Waals surface area (Å²) in [5, 5.41) is 3.26. The van der Waals surface area contributed by atoms with Gasteiger partial charge in [-0.15, -0.1) is 0 Å². The molecule has 3 rings (SSSR count). The van der Waals surface area contributed by atoms with Gasteiger partial charge in [0.25, 0.3) is 0 Å². The number of carbonyl (C=O) groups is 3. The van der Waals surface area contributed by atoms with E-state index in [0.29, 0.717) is 52.4 Å². The summed E-state index contributed by atoms with van der Waals surface area (Å²) < 4.78 is 21.7. The van der Waals surface area contributed by atoms with Gasteiger partial charge in [-0.1, -0.05) is 13.8 Å². The Kier molecular flexibility index (Phi) is 7.69. The fourth-order valence-electron chi connectivity index (χ4n) is 4.66. The molecule has 0 saturated carbocycles. The van der Waals surface area contributed by atoms with Crippen molar-refractivity contribution in [2.75, 3.05) is 21.3 Å². The standard InChI is InChI=1S/C26H33NO7/c1-8-14(3)34-26(30)21-15(4)27-18-11-13(2)20(25(29)33-7)24(28)23(18)22(21)17-12-16(31-5)9-10-19(17)32-6/h9-10,12-14,20,22,27H,8,11H2,1-7H3/t13-,14-,20-,22+/m1/s1. The van der Waals surface area contributed by atoms with Gasteiger partial charge >= 0.3 is 11.9 Å². The van der Waals surface area contributed by atoms with E-state index in [9.17, 15) is 14.4 Å². The maximum atomic E-state index is 13.8. The van der Waals surface area contributed by atoms with Crippen LogP contribution in [0.3, 0.4) is 0 Å². The Bertz CT molecular complexity index is 1060. The molecule has 1 aromatic rings. The molecular formula is C26H33NO7. The zero-order valence-corrected chi connectivity index (χ0v) is 20.8. The van der Waals surface area contributed by atoms with Crippen LogP contribution in [-0.2, 0) is 23.9 Å². The van der Waals surface area contributed by atoms with Crippen molar-refractivity contribution in [1.82, 2.24) is 5.32 Å². The van der Waals surface area contributed by atoms with Crippen LogP contribution in [0, 0.1) is 11.8 Å². The van der Waals surface area contributed by atoms with Crippen LogP contribution in [0.1, 0.15) is 52.0 Å². The van der Waals surface area contributed by atoms with Gasteiger partial charge in [-0.3, -0.25) is 9.59 Å². The van der Waals surface area contributed by atoms with Gasteiger partial charge in [0.15, 0.2) is 5.78 Å². The Morgan fingerprint density at radius 2 is 1.88 bits per heavy atom. The van der Waals surface area contributed by atoms with Crippen molar-refractivity contribution in [2.24, 2.45) is 11.8 Å². The third-order valence-electron chi connectivity index (χ3n) is 6.59. The fraction of sp³-hybridized carbons (Fsp3) is 0.500. The first kappa shape index (κ1) is 25.3. The number of allylic oxidation sites excluding steroid dienone is 3. The van der Waals surface area contributed by atoms with Gasteiger partial charge < -0.3 is 24.3 Å². The third-order valence-corrected chi connectivity index (χ3v) is 6.59. The zero-order chi connectivity index (χ0) is 25.2. The predicted molar refractivity (Wildman–Crippen MR) is 125 cm³/mol.